The smallest absolute Gasteiger partial charge is 0.267 e. The van der Waals surface area contributed by atoms with E-state index in [-0.39, 0.29) is 5.91 Å². The Morgan fingerprint density at radius 3 is 2.88 bits per heavy atom. The summed E-state index contributed by atoms with van der Waals surface area (Å²) in [6.45, 7) is 0.399. The molecule has 1 aromatic carbocycles. The number of aromatic amines is 1. The molecule has 0 spiro atoms. The third-order valence-electron chi connectivity index (χ3n) is 3.83. The third-order valence-corrected chi connectivity index (χ3v) is 3.83. The van der Waals surface area contributed by atoms with Crippen LogP contribution in [-0.4, -0.2) is 15.9 Å². The second-order valence-electron chi connectivity index (χ2n) is 5.51. The normalized spacial score (nSPS) is 10.8. The van der Waals surface area contributed by atoms with Crippen molar-refractivity contribution in [2.24, 2.45) is 0 Å². The highest BCUT2D eigenvalue weighted by molar-refractivity contribution is 5.97. The molecule has 1 amide bonds. The number of benzene rings is 1. The zero-order valence-electron chi connectivity index (χ0n) is 12.8. The second kappa shape index (κ2) is 6.04. The summed E-state index contributed by atoms with van der Waals surface area (Å²) < 4.78 is 5.37. The maximum Gasteiger partial charge on any atom is 0.267 e. The molecule has 4 rings (SSSR count). The number of furan rings is 1. The molecule has 0 fully saturated rings. The second-order valence-corrected chi connectivity index (χ2v) is 5.51. The molecule has 0 aliphatic heterocycles. The largest absolute Gasteiger partial charge is 0.464 e. The Morgan fingerprint density at radius 1 is 1.12 bits per heavy atom. The van der Waals surface area contributed by atoms with Crippen molar-refractivity contribution < 1.29 is 9.21 Å². The Labute approximate surface area is 138 Å². The van der Waals surface area contributed by atoms with E-state index in [1.165, 1.54) is 0 Å². The first-order valence-electron chi connectivity index (χ1n) is 7.63. The van der Waals surface area contributed by atoms with E-state index in [1.54, 1.807) is 18.7 Å². The first-order valence-corrected chi connectivity index (χ1v) is 7.63. The Kier molecular flexibility index (Phi) is 3.59. The van der Waals surface area contributed by atoms with E-state index in [2.05, 4.69) is 15.3 Å². The van der Waals surface area contributed by atoms with E-state index >= 15 is 0 Å². The topological polar surface area (TPSA) is 70.9 Å². The highest BCUT2D eigenvalue weighted by atomic mass is 16.3. The summed E-state index contributed by atoms with van der Waals surface area (Å²) in [5.41, 5.74) is 3.29. The maximum atomic E-state index is 12.3. The van der Waals surface area contributed by atoms with Crippen LogP contribution in [0.5, 0.6) is 0 Å². The first kappa shape index (κ1) is 14.3. The highest BCUT2D eigenvalue weighted by Gasteiger charge is 2.09. The van der Waals surface area contributed by atoms with Gasteiger partial charge in [-0.3, -0.25) is 9.78 Å². The summed E-state index contributed by atoms with van der Waals surface area (Å²) in [6.07, 6.45) is 5.10. The van der Waals surface area contributed by atoms with E-state index in [0.29, 0.717) is 12.2 Å². The van der Waals surface area contributed by atoms with Crippen molar-refractivity contribution in [1.29, 1.82) is 0 Å². The van der Waals surface area contributed by atoms with Crippen LogP contribution in [0.4, 0.5) is 0 Å². The third kappa shape index (κ3) is 2.79. The Balaban J connectivity index is 1.48. The van der Waals surface area contributed by atoms with Gasteiger partial charge in [-0.05, 0) is 35.9 Å². The summed E-state index contributed by atoms with van der Waals surface area (Å²) in [4.78, 5) is 19.6. The molecule has 24 heavy (non-hydrogen) atoms. The molecule has 0 radical (unpaired) electrons. The Bertz CT molecular complexity index is 954. The van der Waals surface area contributed by atoms with Gasteiger partial charge in [-0.2, -0.15) is 0 Å². The molecule has 0 saturated heterocycles. The molecule has 2 N–H and O–H groups in total. The fourth-order valence-corrected chi connectivity index (χ4v) is 2.64. The predicted molar refractivity (Wildman–Crippen MR) is 91.4 cm³/mol. The molecular formula is C19H15N3O2. The summed E-state index contributed by atoms with van der Waals surface area (Å²) >= 11 is 0. The van der Waals surface area contributed by atoms with Crippen molar-refractivity contribution >= 4 is 16.8 Å². The number of H-pyrrole nitrogens is 1. The number of nitrogens with zero attached hydrogens (tertiary/aromatic N) is 1. The Hall–Kier alpha value is -3.34. The number of aromatic nitrogens is 2. The van der Waals surface area contributed by atoms with Crippen LogP contribution in [0.1, 0.15) is 16.1 Å². The van der Waals surface area contributed by atoms with Crippen molar-refractivity contribution in [3.63, 3.8) is 0 Å². The number of hydrogen-bond acceptors (Lipinski definition) is 3. The fourth-order valence-electron chi connectivity index (χ4n) is 2.64. The van der Waals surface area contributed by atoms with Gasteiger partial charge in [0, 0.05) is 35.4 Å². The monoisotopic (exact) mass is 317 g/mol. The van der Waals surface area contributed by atoms with E-state index in [9.17, 15) is 4.79 Å². The van der Waals surface area contributed by atoms with E-state index < -0.39 is 0 Å². The SMILES string of the molecule is O=C(NCc1cncc(-c2ccco2)c1)c1cc2ccccc2[nH]1. The van der Waals surface area contributed by atoms with Crippen molar-refractivity contribution in [2.45, 2.75) is 6.54 Å². The number of rotatable bonds is 4. The van der Waals surface area contributed by atoms with Crippen LogP contribution in [0.25, 0.3) is 22.2 Å². The van der Waals surface area contributed by atoms with Gasteiger partial charge in [-0.1, -0.05) is 18.2 Å². The number of para-hydroxylation sites is 1. The minimum Gasteiger partial charge on any atom is -0.464 e. The standard InChI is InChI=1S/C19H15N3O2/c23-19(17-9-14-4-1-2-5-16(14)22-17)21-11-13-8-15(12-20-10-13)18-6-3-7-24-18/h1-10,12,22H,11H2,(H,21,23). The average molecular weight is 317 g/mol. The predicted octanol–water partition coefficient (Wildman–Crippen LogP) is 3.75. The van der Waals surface area contributed by atoms with Gasteiger partial charge < -0.3 is 14.7 Å². The van der Waals surface area contributed by atoms with E-state index in [4.69, 9.17) is 4.42 Å². The highest BCUT2D eigenvalue weighted by Crippen LogP contribution is 2.19. The number of pyridine rings is 1. The van der Waals surface area contributed by atoms with Crippen LogP contribution < -0.4 is 5.32 Å². The van der Waals surface area contributed by atoms with Gasteiger partial charge >= 0.3 is 0 Å². The van der Waals surface area contributed by atoms with Gasteiger partial charge in [0.05, 0.1) is 6.26 Å². The number of hydrogen-bond donors (Lipinski definition) is 2. The fraction of sp³-hybridized carbons (Fsp3) is 0.0526. The molecular weight excluding hydrogens is 302 g/mol. The molecule has 3 aromatic heterocycles. The van der Waals surface area contributed by atoms with Crippen molar-refractivity contribution in [1.82, 2.24) is 15.3 Å². The lowest BCUT2D eigenvalue weighted by molar-refractivity contribution is 0.0946. The first-order chi connectivity index (χ1) is 11.8. The zero-order chi connectivity index (χ0) is 16.4. The quantitative estimate of drug-likeness (QED) is 0.602. The molecule has 0 atom stereocenters. The van der Waals surface area contributed by atoms with Crippen LogP contribution >= 0.6 is 0 Å². The van der Waals surface area contributed by atoms with Gasteiger partial charge in [0.25, 0.3) is 5.91 Å². The molecule has 0 saturated carbocycles. The van der Waals surface area contributed by atoms with Crippen LogP contribution in [0.2, 0.25) is 0 Å². The molecule has 5 heteroatoms. The van der Waals surface area contributed by atoms with Gasteiger partial charge in [-0.15, -0.1) is 0 Å². The van der Waals surface area contributed by atoms with Gasteiger partial charge in [0.2, 0.25) is 0 Å². The molecule has 0 aliphatic rings. The minimum atomic E-state index is -0.144. The maximum absolute atomic E-state index is 12.3. The van der Waals surface area contributed by atoms with Crippen LogP contribution in [-0.2, 0) is 6.54 Å². The number of carbonyl (C=O) groups excluding carboxylic acids is 1. The zero-order valence-corrected chi connectivity index (χ0v) is 12.8. The number of carbonyl (C=O) groups is 1. The van der Waals surface area contributed by atoms with E-state index in [0.717, 1.165) is 27.8 Å². The molecule has 4 aromatic rings. The van der Waals surface area contributed by atoms with Gasteiger partial charge in [-0.25, -0.2) is 0 Å². The van der Waals surface area contributed by atoms with Crippen molar-refractivity contribution in [2.75, 3.05) is 0 Å². The molecule has 0 bridgehead atoms. The van der Waals surface area contributed by atoms with Crippen LogP contribution in [0.3, 0.4) is 0 Å². The lowest BCUT2D eigenvalue weighted by Gasteiger charge is -2.05. The molecule has 5 nitrogen and oxygen atoms in total. The van der Waals surface area contributed by atoms with Crippen LogP contribution in [0.15, 0.2) is 71.6 Å². The lowest BCUT2D eigenvalue weighted by atomic mass is 10.1. The molecule has 0 aliphatic carbocycles. The lowest BCUT2D eigenvalue weighted by Crippen LogP contribution is -2.23. The van der Waals surface area contributed by atoms with Crippen LogP contribution in [0, 0.1) is 0 Å². The Morgan fingerprint density at radius 2 is 2.04 bits per heavy atom. The van der Waals surface area contributed by atoms with Gasteiger partial charge in [0.15, 0.2) is 0 Å². The molecule has 3 heterocycles. The summed E-state index contributed by atoms with van der Waals surface area (Å²) in [5.74, 6) is 0.612. The summed E-state index contributed by atoms with van der Waals surface area (Å²) in [7, 11) is 0. The summed E-state index contributed by atoms with van der Waals surface area (Å²) in [6, 6.07) is 15.3. The molecule has 118 valence electrons. The number of amides is 1. The minimum absolute atomic E-state index is 0.144. The summed E-state index contributed by atoms with van der Waals surface area (Å²) in [5, 5.41) is 3.93. The van der Waals surface area contributed by atoms with Crippen molar-refractivity contribution in [3.05, 3.63) is 78.4 Å². The van der Waals surface area contributed by atoms with E-state index in [1.807, 2.05) is 48.5 Å². The number of nitrogens with one attached hydrogen (secondary N) is 2. The van der Waals surface area contributed by atoms with Crippen molar-refractivity contribution in [3.8, 4) is 11.3 Å². The molecule has 0 unspecified atom stereocenters. The van der Waals surface area contributed by atoms with Gasteiger partial charge in [0.1, 0.15) is 11.5 Å². The number of fused-ring (bicyclic) bond motifs is 1. The average Bonchev–Trinajstić information content (AvgIpc) is 3.29.